The van der Waals surface area contributed by atoms with Gasteiger partial charge in [-0.05, 0) is 49.4 Å². The number of hydrogen-bond donors (Lipinski definition) is 1. The highest BCUT2D eigenvalue weighted by molar-refractivity contribution is 6.30. The lowest BCUT2D eigenvalue weighted by atomic mass is 10.1. The fraction of sp³-hybridized carbons (Fsp3) is 0.143. The molecule has 0 saturated carbocycles. The van der Waals surface area contributed by atoms with Crippen LogP contribution in [0.2, 0.25) is 5.02 Å². The number of ether oxygens (including phenoxy) is 2. The number of para-hydroxylation sites is 1. The van der Waals surface area contributed by atoms with Crippen LogP contribution in [0.3, 0.4) is 0 Å². The van der Waals surface area contributed by atoms with Crippen LogP contribution in [0.1, 0.15) is 23.0 Å². The second kappa shape index (κ2) is 8.56. The molecule has 0 unspecified atom stereocenters. The second-order valence-electron chi connectivity index (χ2n) is 5.67. The normalized spacial score (nSPS) is 10.4. The molecule has 3 rings (SSSR count). The Morgan fingerprint density at radius 1 is 1.07 bits per heavy atom. The van der Waals surface area contributed by atoms with Crippen molar-refractivity contribution in [3.8, 4) is 22.8 Å². The molecule has 2 aromatic carbocycles. The van der Waals surface area contributed by atoms with Crippen molar-refractivity contribution in [3.63, 3.8) is 0 Å². The molecule has 0 fully saturated rings. The molecule has 1 N–H and O–H groups in total. The van der Waals surface area contributed by atoms with Crippen LogP contribution in [0.25, 0.3) is 11.3 Å². The summed E-state index contributed by atoms with van der Waals surface area (Å²) in [6.45, 7) is 2.43. The average molecular weight is 384 g/mol. The summed E-state index contributed by atoms with van der Waals surface area (Å²) < 4.78 is 11.3. The van der Waals surface area contributed by atoms with E-state index in [2.05, 4.69) is 4.98 Å². The number of carbonyl (C=O) groups is 1. The van der Waals surface area contributed by atoms with E-state index in [1.165, 1.54) is 6.07 Å². The smallest absolute Gasteiger partial charge is 0.337 e. The number of carboxylic acids is 1. The van der Waals surface area contributed by atoms with Crippen LogP contribution in [-0.2, 0) is 6.61 Å². The van der Waals surface area contributed by atoms with E-state index in [9.17, 15) is 9.90 Å². The van der Waals surface area contributed by atoms with Crippen LogP contribution in [-0.4, -0.2) is 22.7 Å². The van der Waals surface area contributed by atoms with Gasteiger partial charge in [0.15, 0.2) is 0 Å². The highest BCUT2D eigenvalue weighted by Crippen LogP contribution is 2.29. The molecular formula is C21H18ClNO4. The topological polar surface area (TPSA) is 68.7 Å². The Kier molecular flexibility index (Phi) is 5.94. The zero-order valence-corrected chi connectivity index (χ0v) is 15.4. The molecule has 6 heteroatoms. The standard InChI is InChI=1S/C21H18ClNO4/c1-2-26-20-9-4-3-8-16(20)18-11-10-17(21(24)25)19(23-18)13-27-15-7-5-6-14(22)12-15/h3-12H,2,13H2,1H3,(H,24,25). The van der Waals surface area contributed by atoms with Gasteiger partial charge in [-0.3, -0.25) is 0 Å². The number of nitrogens with zero attached hydrogens (tertiary/aromatic N) is 1. The molecule has 0 atom stereocenters. The van der Waals surface area contributed by atoms with Gasteiger partial charge < -0.3 is 14.6 Å². The molecule has 0 aliphatic heterocycles. The first-order valence-corrected chi connectivity index (χ1v) is 8.80. The summed E-state index contributed by atoms with van der Waals surface area (Å²) in [6, 6.07) is 17.6. The SMILES string of the molecule is CCOc1ccccc1-c1ccc(C(=O)O)c(COc2cccc(Cl)c2)n1. The Morgan fingerprint density at radius 3 is 2.63 bits per heavy atom. The molecule has 0 spiro atoms. The van der Waals surface area contributed by atoms with E-state index in [0.717, 1.165) is 5.56 Å². The maximum absolute atomic E-state index is 11.6. The van der Waals surface area contributed by atoms with Crippen LogP contribution < -0.4 is 9.47 Å². The Bertz CT molecular complexity index is 958. The Hall–Kier alpha value is -3.05. The highest BCUT2D eigenvalue weighted by atomic mass is 35.5. The van der Waals surface area contributed by atoms with Crippen LogP contribution in [0.4, 0.5) is 0 Å². The monoisotopic (exact) mass is 383 g/mol. The first-order chi connectivity index (χ1) is 13.1. The molecule has 27 heavy (non-hydrogen) atoms. The number of aromatic nitrogens is 1. The van der Waals surface area contributed by atoms with Crippen LogP contribution in [0.5, 0.6) is 11.5 Å². The Balaban J connectivity index is 1.95. The third-order valence-corrected chi connectivity index (χ3v) is 4.07. The third kappa shape index (κ3) is 4.57. The molecule has 1 aromatic heterocycles. The van der Waals surface area contributed by atoms with Crippen molar-refractivity contribution >= 4 is 17.6 Å². The number of rotatable bonds is 7. The van der Waals surface area contributed by atoms with Crippen molar-refractivity contribution in [2.75, 3.05) is 6.61 Å². The summed E-state index contributed by atoms with van der Waals surface area (Å²) in [5, 5.41) is 10.0. The Labute approximate surface area is 162 Å². The van der Waals surface area contributed by atoms with E-state index in [1.54, 1.807) is 30.3 Å². The highest BCUT2D eigenvalue weighted by Gasteiger charge is 2.16. The van der Waals surface area contributed by atoms with Gasteiger partial charge in [0, 0.05) is 10.6 Å². The lowest BCUT2D eigenvalue weighted by molar-refractivity contribution is 0.0693. The van der Waals surface area contributed by atoms with Crippen LogP contribution in [0.15, 0.2) is 60.7 Å². The molecule has 0 aliphatic carbocycles. The van der Waals surface area contributed by atoms with E-state index in [4.69, 9.17) is 21.1 Å². The molecule has 0 saturated heterocycles. The van der Waals surface area contributed by atoms with Crippen molar-refractivity contribution in [2.24, 2.45) is 0 Å². The van der Waals surface area contributed by atoms with Crippen LogP contribution >= 0.6 is 11.6 Å². The predicted octanol–water partition coefficient (Wildman–Crippen LogP) is 5.08. The number of halogens is 1. The minimum Gasteiger partial charge on any atom is -0.493 e. The van der Waals surface area contributed by atoms with Crippen molar-refractivity contribution in [3.05, 3.63) is 76.9 Å². The molecule has 0 bridgehead atoms. The van der Waals surface area contributed by atoms with Gasteiger partial charge in [0.1, 0.15) is 18.1 Å². The maximum atomic E-state index is 11.6. The van der Waals surface area contributed by atoms with Gasteiger partial charge in [-0.15, -0.1) is 0 Å². The number of benzene rings is 2. The van der Waals surface area contributed by atoms with E-state index >= 15 is 0 Å². The molecule has 0 amide bonds. The van der Waals surface area contributed by atoms with Gasteiger partial charge in [0.25, 0.3) is 0 Å². The molecule has 1 heterocycles. The van der Waals surface area contributed by atoms with Gasteiger partial charge in [-0.2, -0.15) is 0 Å². The third-order valence-electron chi connectivity index (χ3n) is 3.84. The van der Waals surface area contributed by atoms with Gasteiger partial charge in [-0.25, -0.2) is 9.78 Å². The predicted molar refractivity (Wildman–Crippen MR) is 104 cm³/mol. The number of pyridine rings is 1. The lowest BCUT2D eigenvalue weighted by Crippen LogP contribution is -2.09. The quantitative estimate of drug-likeness (QED) is 0.616. The summed E-state index contributed by atoms with van der Waals surface area (Å²) in [7, 11) is 0. The van der Waals surface area contributed by atoms with Crippen LogP contribution in [0, 0.1) is 0 Å². The summed E-state index contributed by atoms with van der Waals surface area (Å²) in [5.74, 6) is 0.176. The zero-order chi connectivity index (χ0) is 19.2. The van der Waals surface area contributed by atoms with Crippen molar-refractivity contribution in [2.45, 2.75) is 13.5 Å². The van der Waals surface area contributed by atoms with E-state index in [1.807, 2.05) is 31.2 Å². The molecule has 0 radical (unpaired) electrons. The van der Waals surface area contributed by atoms with E-state index in [-0.39, 0.29) is 12.2 Å². The summed E-state index contributed by atoms with van der Waals surface area (Å²) in [5.41, 5.74) is 1.83. The Morgan fingerprint density at radius 2 is 1.89 bits per heavy atom. The summed E-state index contributed by atoms with van der Waals surface area (Å²) in [4.78, 5) is 16.1. The average Bonchev–Trinajstić information content (AvgIpc) is 2.67. The van der Waals surface area contributed by atoms with Gasteiger partial charge in [0.05, 0.1) is 23.6 Å². The van der Waals surface area contributed by atoms with Gasteiger partial charge >= 0.3 is 5.97 Å². The number of hydrogen-bond acceptors (Lipinski definition) is 4. The van der Waals surface area contributed by atoms with Gasteiger partial charge in [0.2, 0.25) is 0 Å². The van der Waals surface area contributed by atoms with E-state index < -0.39 is 5.97 Å². The largest absolute Gasteiger partial charge is 0.493 e. The molecular weight excluding hydrogens is 366 g/mol. The van der Waals surface area contributed by atoms with Crippen molar-refractivity contribution in [1.82, 2.24) is 4.98 Å². The van der Waals surface area contributed by atoms with E-state index in [0.29, 0.717) is 34.5 Å². The molecule has 138 valence electrons. The molecule has 3 aromatic rings. The summed E-state index contributed by atoms with van der Waals surface area (Å²) >= 11 is 5.96. The number of carboxylic acid groups (broad SMARTS) is 1. The van der Waals surface area contributed by atoms with Crippen molar-refractivity contribution in [1.29, 1.82) is 0 Å². The molecule has 0 aliphatic rings. The first-order valence-electron chi connectivity index (χ1n) is 8.42. The second-order valence-corrected chi connectivity index (χ2v) is 6.11. The van der Waals surface area contributed by atoms with Gasteiger partial charge in [-0.1, -0.05) is 29.8 Å². The van der Waals surface area contributed by atoms with Crippen molar-refractivity contribution < 1.29 is 19.4 Å². The fourth-order valence-corrected chi connectivity index (χ4v) is 2.80. The summed E-state index contributed by atoms with van der Waals surface area (Å²) in [6.07, 6.45) is 0. The minimum atomic E-state index is -1.06. The number of aromatic carboxylic acids is 1. The lowest BCUT2D eigenvalue weighted by Gasteiger charge is -2.13. The fourth-order valence-electron chi connectivity index (χ4n) is 2.62. The first kappa shape index (κ1) is 18.7. The maximum Gasteiger partial charge on any atom is 0.337 e. The minimum absolute atomic E-state index is 0.00656. The zero-order valence-electron chi connectivity index (χ0n) is 14.7. The molecule has 5 nitrogen and oxygen atoms in total.